The molecular formula is C36H25N3SSi. The topological polar surface area (TPSA) is 30.7 Å². The van der Waals surface area contributed by atoms with Gasteiger partial charge in [-0.15, -0.1) is 11.3 Å². The highest BCUT2D eigenvalue weighted by molar-refractivity contribution is 7.25. The van der Waals surface area contributed by atoms with Crippen LogP contribution in [0.3, 0.4) is 0 Å². The Morgan fingerprint density at radius 1 is 0.610 bits per heavy atom. The number of fused-ring (bicyclic) bond motifs is 9. The summed E-state index contributed by atoms with van der Waals surface area (Å²) in [6.07, 6.45) is 0. The molecule has 0 unspecified atom stereocenters. The van der Waals surface area contributed by atoms with E-state index in [0.717, 1.165) is 22.9 Å². The molecule has 0 aliphatic carbocycles. The van der Waals surface area contributed by atoms with Crippen LogP contribution >= 0.6 is 11.3 Å². The van der Waals surface area contributed by atoms with E-state index < -0.39 is 8.07 Å². The Labute approximate surface area is 242 Å². The van der Waals surface area contributed by atoms with Crippen LogP contribution in [0.25, 0.3) is 70.4 Å². The molecule has 1 aliphatic rings. The summed E-state index contributed by atoms with van der Waals surface area (Å²) in [6.45, 7) is 4.90. The summed E-state index contributed by atoms with van der Waals surface area (Å²) in [5, 5.41) is 7.88. The fourth-order valence-corrected chi connectivity index (χ4v) is 11.2. The van der Waals surface area contributed by atoms with E-state index in [-0.39, 0.29) is 0 Å². The lowest BCUT2D eigenvalue weighted by Gasteiger charge is -2.22. The van der Waals surface area contributed by atoms with Gasteiger partial charge < -0.3 is 0 Å². The van der Waals surface area contributed by atoms with E-state index in [4.69, 9.17) is 9.97 Å². The lowest BCUT2D eigenvalue weighted by atomic mass is 10.1. The molecule has 0 amide bonds. The van der Waals surface area contributed by atoms with Crippen molar-refractivity contribution in [3.63, 3.8) is 0 Å². The minimum atomic E-state index is -2.11. The van der Waals surface area contributed by atoms with Crippen molar-refractivity contribution in [3.05, 3.63) is 115 Å². The molecule has 3 nitrogen and oxygen atoms in total. The molecule has 0 radical (unpaired) electrons. The van der Waals surface area contributed by atoms with Crippen LogP contribution in [0.15, 0.2) is 115 Å². The van der Waals surface area contributed by atoms with Gasteiger partial charge >= 0.3 is 0 Å². The summed E-state index contributed by atoms with van der Waals surface area (Å²) >= 11 is 1.87. The monoisotopic (exact) mass is 559 g/mol. The largest absolute Gasteiger partial charge is 0.294 e. The van der Waals surface area contributed by atoms with Crippen molar-refractivity contribution in [2.24, 2.45) is 0 Å². The van der Waals surface area contributed by atoms with Gasteiger partial charge in [-0.05, 0) is 35.0 Å². The Kier molecular flexibility index (Phi) is 4.65. The fraction of sp³-hybridized carbons (Fsp3) is 0.0556. The van der Waals surface area contributed by atoms with Gasteiger partial charge in [0.05, 0.1) is 16.7 Å². The Bertz CT molecular complexity index is 2350. The van der Waals surface area contributed by atoms with Gasteiger partial charge in [-0.1, -0.05) is 104 Å². The molecule has 41 heavy (non-hydrogen) atoms. The zero-order chi connectivity index (χ0) is 27.3. The maximum atomic E-state index is 5.46. The van der Waals surface area contributed by atoms with Crippen LogP contribution in [-0.4, -0.2) is 22.6 Å². The first kappa shape index (κ1) is 23.2. The molecule has 0 bridgehead atoms. The molecule has 5 heteroatoms. The Balaban J connectivity index is 1.47. The van der Waals surface area contributed by atoms with Crippen molar-refractivity contribution < 1.29 is 0 Å². The number of hydrogen-bond acceptors (Lipinski definition) is 3. The maximum Gasteiger partial charge on any atom is 0.162 e. The summed E-state index contributed by atoms with van der Waals surface area (Å²) in [5.41, 5.74) is 5.77. The standard InChI is InChI=1S/C36H25N3SSi/c1-41(2)32-19-11-8-16-25(32)33-34(41)36(38-35(37-33)22-12-4-3-5-13-22)39-28-17-9-6-14-23(28)26-21-31-27(20-29(26)39)24-15-7-10-18-30(24)40-31/h3-21H,1-2H3. The molecule has 0 saturated heterocycles. The zero-order valence-corrected chi connectivity index (χ0v) is 24.5. The van der Waals surface area contributed by atoms with Crippen molar-refractivity contribution in [2.75, 3.05) is 0 Å². The highest BCUT2D eigenvalue weighted by atomic mass is 32.1. The van der Waals surface area contributed by atoms with E-state index in [0.29, 0.717) is 0 Å². The van der Waals surface area contributed by atoms with Gasteiger partial charge in [0.15, 0.2) is 5.82 Å². The number of hydrogen-bond donors (Lipinski definition) is 0. The van der Waals surface area contributed by atoms with Gasteiger partial charge in [0.1, 0.15) is 13.9 Å². The predicted molar refractivity (Wildman–Crippen MR) is 177 cm³/mol. The van der Waals surface area contributed by atoms with Crippen molar-refractivity contribution in [1.82, 2.24) is 14.5 Å². The predicted octanol–water partition coefficient (Wildman–Crippen LogP) is 8.41. The number of benzene rings is 5. The van der Waals surface area contributed by atoms with Gasteiger partial charge in [-0.2, -0.15) is 0 Å². The molecule has 4 heterocycles. The molecule has 5 aromatic carbocycles. The van der Waals surface area contributed by atoms with E-state index in [1.165, 1.54) is 57.9 Å². The smallest absolute Gasteiger partial charge is 0.162 e. The lowest BCUT2D eigenvalue weighted by molar-refractivity contribution is 1.06. The molecular weight excluding hydrogens is 535 g/mol. The highest BCUT2D eigenvalue weighted by Crippen LogP contribution is 2.41. The SMILES string of the molecule is C[Si]1(C)c2ccccc2-c2nc(-c3ccccc3)nc(-n3c4ccccc4c4cc5sc6ccccc6c5cc43)c21. The molecule has 0 spiro atoms. The molecule has 8 aromatic rings. The van der Waals surface area contributed by atoms with Gasteiger partial charge in [0.2, 0.25) is 0 Å². The molecule has 0 fully saturated rings. The quantitative estimate of drug-likeness (QED) is 0.199. The molecule has 9 rings (SSSR count). The number of thiophene rings is 1. The second kappa shape index (κ2) is 8.23. The second-order valence-electron chi connectivity index (χ2n) is 11.4. The van der Waals surface area contributed by atoms with Gasteiger partial charge in [-0.3, -0.25) is 4.57 Å². The van der Waals surface area contributed by atoms with E-state index >= 15 is 0 Å². The Morgan fingerprint density at radius 2 is 1.34 bits per heavy atom. The fourth-order valence-electron chi connectivity index (χ4n) is 6.88. The number of para-hydroxylation sites is 1. The first-order valence-corrected chi connectivity index (χ1v) is 17.8. The normalized spacial score (nSPS) is 13.8. The number of rotatable bonds is 2. The van der Waals surface area contributed by atoms with Crippen LogP contribution in [0.4, 0.5) is 0 Å². The van der Waals surface area contributed by atoms with Crippen LogP contribution in [0.1, 0.15) is 0 Å². The van der Waals surface area contributed by atoms with Crippen molar-refractivity contribution >= 4 is 71.8 Å². The van der Waals surface area contributed by atoms with E-state index in [1.807, 2.05) is 17.4 Å². The lowest BCUT2D eigenvalue weighted by Crippen LogP contribution is -2.51. The van der Waals surface area contributed by atoms with Crippen LogP contribution in [0.2, 0.25) is 13.1 Å². The van der Waals surface area contributed by atoms with Gasteiger partial charge in [-0.25, -0.2) is 9.97 Å². The first-order valence-electron chi connectivity index (χ1n) is 14.0. The van der Waals surface area contributed by atoms with E-state index in [1.54, 1.807) is 0 Å². The Morgan fingerprint density at radius 3 is 2.22 bits per heavy atom. The summed E-state index contributed by atoms with van der Waals surface area (Å²) < 4.78 is 5.08. The highest BCUT2D eigenvalue weighted by Gasteiger charge is 2.42. The summed E-state index contributed by atoms with van der Waals surface area (Å²) in [6, 6.07) is 41.6. The van der Waals surface area contributed by atoms with Gasteiger partial charge in [0, 0.05) is 41.7 Å². The third-order valence-electron chi connectivity index (χ3n) is 8.79. The molecule has 1 aliphatic heterocycles. The van der Waals surface area contributed by atoms with Crippen molar-refractivity contribution in [3.8, 4) is 28.5 Å². The number of aromatic nitrogens is 3. The molecule has 0 atom stereocenters. The van der Waals surface area contributed by atoms with E-state index in [9.17, 15) is 0 Å². The Hall–Kier alpha value is -4.58. The average Bonchev–Trinajstić information content (AvgIpc) is 3.62. The summed E-state index contributed by atoms with van der Waals surface area (Å²) in [7, 11) is -2.11. The van der Waals surface area contributed by atoms with Crippen LogP contribution in [-0.2, 0) is 0 Å². The summed E-state index contributed by atoms with van der Waals surface area (Å²) in [4.78, 5) is 10.7. The second-order valence-corrected chi connectivity index (χ2v) is 16.8. The maximum absolute atomic E-state index is 5.46. The number of nitrogens with zero attached hydrogens (tertiary/aromatic N) is 3. The summed E-state index contributed by atoms with van der Waals surface area (Å²) in [5.74, 6) is 1.79. The minimum Gasteiger partial charge on any atom is -0.294 e. The molecule has 3 aromatic heterocycles. The van der Waals surface area contributed by atoms with Crippen LogP contribution in [0.5, 0.6) is 0 Å². The third-order valence-corrected chi connectivity index (χ3v) is 13.4. The van der Waals surface area contributed by atoms with E-state index in [2.05, 4.69) is 127 Å². The average molecular weight is 560 g/mol. The van der Waals surface area contributed by atoms with Crippen LogP contribution < -0.4 is 10.4 Å². The third kappa shape index (κ3) is 3.13. The van der Waals surface area contributed by atoms with Crippen LogP contribution in [0, 0.1) is 0 Å². The first-order chi connectivity index (χ1) is 20.1. The molecule has 0 N–H and O–H groups in total. The minimum absolute atomic E-state index is 0.772. The zero-order valence-electron chi connectivity index (χ0n) is 22.7. The van der Waals surface area contributed by atoms with Crippen molar-refractivity contribution in [1.29, 1.82) is 0 Å². The van der Waals surface area contributed by atoms with Gasteiger partial charge in [0.25, 0.3) is 0 Å². The van der Waals surface area contributed by atoms with Crippen molar-refractivity contribution in [2.45, 2.75) is 13.1 Å². The molecule has 194 valence electrons. The molecule has 0 saturated carbocycles.